The molecular formula is C8H9ClN4O3. The molecule has 0 unspecified atom stereocenters. The van der Waals surface area contributed by atoms with Crippen LogP contribution in [0.5, 0.6) is 5.88 Å². The molecule has 0 spiro atoms. The van der Waals surface area contributed by atoms with Crippen molar-refractivity contribution in [2.75, 3.05) is 13.0 Å². The number of carbonyl (C=O) groups excluding carboxylic acids is 2. The minimum Gasteiger partial charge on any atom is -0.480 e. The van der Waals surface area contributed by atoms with E-state index in [1.54, 1.807) is 0 Å². The average molecular weight is 245 g/mol. The minimum absolute atomic E-state index is 0.0515. The lowest BCUT2D eigenvalue weighted by Gasteiger charge is -2.04. The average Bonchev–Trinajstić information content (AvgIpc) is 2.35. The van der Waals surface area contributed by atoms with Gasteiger partial charge in [0.05, 0.1) is 7.11 Å². The summed E-state index contributed by atoms with van der Waals surface area (Å²) in [4.78, 5) is 22.1. The quantitative estimate of drug-likeness (QED) is 0.552. The van der Waals surface area contributed by atoms with Crippen molar-refractivity contribution < 1.29 is 14.3 Å². The van der Waals surface area contributed by atoms with E-state index in [0.29, 0.717) is 5.88 Å². The van der Waals surface area contributed by atoms with Crippen LogP contribution in [0.1, 0.15) is 10.5 Å². The number of ether oxygens (including phenoxy) is 1. The molecule has 7 nitrogen and oxygen atoms in total. The van der Waals surface area contributed by atoms with Gasteiger partial charge >= 0.3 is 0 Å². The fraction of sp³-hybridized carbons (Fsp3) is 0.250. The normalized spacial score (nSPS) is 9.38. The molecule has 0 saturated carbocycles. The molecule has 0 bridgehead atoms. The zero-order chi connectivity index (χ0) is 12.0. The SMILES string of the molecule is COc1ccc(C(=O)NNC(=O)CCl)nn1. The zero-order valence-corrected chi connectivity index (χ0v) is 9.11. The molecule has 2 N–H and O–H groups in total. The number of hydrazine groups is 1. The van der Waals surface area contributed by atoms with Crippen LogP contribution in [0.15, 0.2) is 12.1 Å². The van der Waals surface area contributed by atoms with Gasteiger partial charge in [-0.15, -0.1) is 21.8 Å². The first-order valence-electron chi connectivity index (χ1n) is 4.20. The Hall–Kier alpha value is -1.89. The van der Waals surface area contributed by atoms with Gasteiger partial charge in [-0.05, 0) is 6.07 Å². The Morgan fingerprint density at radius 2 is 2.12 bits per heavy atom. The number of carbonyl (C=O) groups is 2. The van der Waals surface area contributed by atoms with Crippen molar-refractivity contribution in [2.24, 2.45) is 0 Å². The van der Waals surface area contributed by atoms with Gasteiger partial charge in [-0.1, -0.05) is 0 Å². The largest absolute Gasteiger partial charge is 0.480 e. The molecule has 86 valence electrons. The summed E-state index contributed by atoms with van der Waals surface area (Å²) in [5, 5.41) is 7.18. The molecule has 1 aromatic heterocycles. The third-order valence-corrected chi connectivity index (χ3v) is 1.76. The van der Waals surface area contributed by atoms with Crippen LogP contribution in [0.2, 0.25) is 0 Å². The number of nitrogens with one attached hydrogen (secondary N) is 2. The first-order chi connectivity index (χ1) is 7.67. The Morgan fingerprint density at radius 3 is 2.62 bits per heavy atom. The highest BCUT2D eigenvalue weighted by Crippen LogP contribution is 2.02. The van der Waals surface area contributed by atoms with Gasteiger partial charge in [-0.2, -0.15) is 0 Å². The Balaban J connectivity index is 2.56. The Morgan fingerprint density at radius 1 is 1.38 bits per heavy atom. The third kappa shape index (κ3) is 3.35. The lowest BCUT2D eigenvalue weighted by molar-refractivity contribution is -0.119. The van der Waals surface area contributed by atoms with Gasteiger partial charge in [0.25, 0.3) is 11.8 Å². The highest BCUT2D eigenvalue weighted by Gasteiger charge is 2.08. The number of hydrogen-bond acceptors (Lipinski definition) is 5. The highest BCUT2D eigenvalue weighted by molar-refractivity contribution is 6.27. The first-order valence-corrected chi connectivity index (χ1v) is 4.73. The second kappa shape index (κ2) is 5.86. The Bertz CT molecular complexity index is 381. The molecule has 0 saturated heterocycles. The Labute approximate surface area is 96.1 Å². The van der Waals surface area contributed by atoms with Crippen LogP contribution < -0.4 is 15.6 Å². The standard InChI is InChI=1S/C8H9ClN4O3/c1-16-7-3-2-5(10-12-7)8(15)13-11-6(14)4-9/h2-3H,4H2,1H3,(H,11,14)(H,13,15). The molecule has 1 heterocycles. The molecule has 0 atom stereocenters. The van der Waals surface area contributed by atoms with E-state index in [-0.39, 0.29) is 11.6 Å². The van der Waals surface area contributed by atoms with Crippen molar-refractivity contribution in [3.8, 4) is 5.88 Å². The van der Waals surface area contributed by atoms with Gasteiger partial charge in [0.2, 0.25) is 5.88 Å². The number of methoxy groups -OCH3 is 1. The molecule has 0 aliphatic heterocycles. The number of hydrogen-bond donors (Lipinski definition) is 2. The lowest BCUT2D eigenvalue weighted by Crippen LogP contribution is -2.42. The van der Waals surface area contributed by atoms with Gasteiger partial charge in [0.15, 0.2) is 5.69 Å². The molecule has 8 heteroatoms. The second-order valence-electron chi connectivity index (χ2n) is 2.60. The van der Waals surface area contributed by atoms with Crippen molar-refractivity contribution in [3.05, 3.63) is 17.8 Å². The maximum absolute atomic E-state index is 11.4. The molecular weight excluding hydrogens is 236 g/mol. The molecule has 2 amide bonds. The summed E-state index contributed by atoms with van der Waals surface area (Å²) in [6, 6.07) is 2.89. The number of alkyl halides is 1. The van der Waals surface area contributed by atoms with Crippen LogP contribution in [0, 0.1) is 0 Å². The van der Waals surface area contributed by atoms with E-state index in [4.69, 9.17) is 16.3 Å². The lowest BCUT2D eigenvalue weighted by atomic mass is 10.4. The zero-order valence-electron chi connectivity index (χ0n) is 8.36. The summed E-state index contributed by atoms with van der Waals surface area (Å²) in [5.41, 5.74) is 4.26. The highest BCUT2D eigenvalue weighted by atomic mass is 35.5. The monoisotopic (exact) mass is 244 g/mol. The van der Waals surface area contributed by atoms with Crippen LogP contribution >= 0.6 is 11.6 Å². The molecule has 1 aromatic rings. The van der Waals surface area contributed by atoms with E-state index in [2.05, 4.69) is 21.0 Å². The molecule has 0 aliphatic carbocycles. The Kier molecular flexibility index (Phi) is 4.46. The fourth-order valence-corrected chi connectivity index (χ4v) is 0.841. The summed E-state index contributed by atoms with van der Waals surface area (Å²) in [7, 11) is 1.43. The molecule has 1 rings (SSSR count). The van der Waals surface area contributed by atoms with Crippen molar-refractivity contribution in [2.45, 2.75) is 0 Å². The first kappa shape index (κ1) is 12.2. The second-order valence-corrected chi connectivity index (χ2v) is 2.86. The maximum Gasteiger partial charge on any atom is 0.290 e. The maximum atomic E-state index is 11.4. The van der Waals surface area contributed by atoms with Crippen LogP contribution in [0.4, 0.5) is 0 Å². The number of aromatic nitrogens is 2. The van der Waals surface area contributed by atoms with Gasteiger partial charge in [-0.25, -0.2) is 0 Å². The van der Waals surface area contributed by atoms with Gasteiger partial charge in [0.1, 0.15) is 5.88 Å². The van der Waals surface area contributed by atoms with E-state index < -0.39 is 11.8 Å². The summed E-state index contributed by atoms with van der Waals surface area (Å²) < 4.78 is 4.77. The number of amides is 2. The minimum atomic E-state index is -0.589. The molecule has 0 fully saturated rings. The third-order valence-electron chi connectivity index (χ3n) is 1.52. The summed E-state index contributed by atoms with van der Waals surface area (Å²) >= 11 is 5.21. The van der Waals surface area contributed by atoms with Crippen LogP contribution in [-0.4, -0.2) is 35.0 Å². The van der Waals surface area contributed by atoms with Crippen molar-refractivity contribution >= 4 is 23.4 Å². The summed E-state index contributed by atoms with van der Waals surface area (Å²) in [6.45, 7) is 0. The fourth-order valence-electron chi connectivity index (χ4n) is 0.774. The van der Waals surface area contributed by atoms with E-state index in [1.165, 1.54) is 19.2 Å². The van der Waals surface area contributed by atoms with Crippen molar-refractivity contribution in [1.82, 2.24) is 21.0 Å². The molecule has 0 radical (unpaired) electrons. The van der Waals surface area contributed by atoms with Crippen LogP contribution in [0.3, 0.4) is 0 Å². The van der Waals surface area contributed by atoms with Gasteiger partial charge in [0, 0.05) is 6.07 Å². The van der Waals surface area contributed by atoms with Crippen molar-refractivity contribution in [1.29, 1.82) is 0 Å². The van der Waals surface area contributed by atoms with Crippen molar-refractivity contribution in [3.63, 3.8) is 0 Å². The smallest absolute Gasteiger partial charge is 0.290 e. The number of rotatable bonds is 3. The summed E-state index contributed by atoms with van der Waals surface area (Å²) in [5.74, 6) is -1.05. The molecule has 0 aliphatic rings. The predicted octanol–water partition coefficient (Wildman–Crippen LogP) is -0.515. The molecule has 16 heavy (non-hydrogen) atoms. The number of nitrogens with zero attached hydrogens (tertiary/aromatic N) is 2. The van der Waals surface area contributed by atoms with E-state index in [1.807, 2.05) is 0 Å². The summed E-state index contributed by atoms with van der Waals surface area (Å²) in [6.07, 6.45) is 0. The number of halogens is 1. The van der Waals surface area contributed by atoms with E-state index in [9.17, 15) is 9.59 Å². The topological polar surface area (TPSA) is 93.2 Å². The van der Waals surface area contributed by atoms with Gasteiger partial charge in [-0.3, -0.25) is 20.4 Å². The van der Waals surface area contributed by atoms with Gasteiger partial charge < -0.3 is 4.74 Å². The van der Waals surface area contributed by atoms with Crippen LogP contribution in [-0.2, 0) is 4.79 Å². The molecule has 0 aromatic carbocycles. The van der Waals surface area contributed by atoms with Crippen LogP contribution in [0.25, 0.3) is 0 Å². The van der Waals surface area contributed by atoms with E-state index >= 15 is 0 Å². The van der Waals surface area contributed by atoms with E-state index in [0.717, 1.165) is 0 Å². The predicted molar refractivity (Wildman–Crippen MR) is 54.9 cm³/mol.